The number of hydrogen-bond donors (Lipinski definition) is 1. The highest BCUT2D eigenvalue weighted by atomic mass is 32.2. The third-order valence-corrected chi connectivity index (χ3v) is 5.13. The fourth-order valence-corrected chi connectivity index (χ4v) is 3.50. The summed E-state index contributed by atoms with van der Waals surface area (Å²) < 4.78 is 30.9. The van der Waals surface area contributed by atoms with Crippen molar-refractivity contribution >= 4 is 21.7 Å². The number of esters is 1. The molecule has 116 valence electrons. The van der Waals surface area contributed by atoms with Crippen LogP contribution in [0.1, 0.15) is 13.3 Å². The molecular weight excluding hydrogens is 292 g/mol. The van der Waals surface area contributed by atoms with Gasteiger partial charge in [0.05, 0.1) is 17.9 Å². The first-order valence-electron chi connectivity index (χ1n) is 6.90. The Kier molecular flexibility index (Phi) is 4.84. The van der Waals surface area contributed by atoms with Crippen molar-refractivity contribution in [1.82, 2.24) is 4.72 Å². The van der Waals surface area contributed by atoms with Crippen LogP contribution in [0.15, 0.2) is 29.2 Å². The summed E-state index contributed by atoms with van der Waals surface area (Å²) in [4.78, 5) is 13.8. The van der Waals surface area contributed by atoms with Crippen molar-refractivity contribution in [2.24, 2.45) is 5.92 Å². The van der Waals surface area contributed by atoms with Crippen LogP contribution < -0.4 is 9.62 Å². The quantitative estimate of drug-likeness (QED) is 0.820. The molecule has 0 bridgehead atoms. The number of methoxy groups -OCH3 is 1. The molecule has 1 fully saturated rings. The highest BCUT2D eigenvalue weighted by Gasteiger charge is 2.29. The summed E-state index contributed by atoms with van der Waals surface area (Å²) in [6, 6.07) is 6.70. The van der Waals surface area contributed by atoms with E-state index in [1.807, 2.05) is 0 Å². The summed E-state index contributed by atoms with van der Waals surface area (Å²) in [5, 5.41) is 0. The largest absolute Gasteiger partial charge is 0.469 e. The monoisotopic (exact) mass is 312 g/mol. The predicted molar refractivity (Wildman–Crippen MR) is 79.6 cm³/mol. The average Bonchev–Trinajstić information content (AvgIpc) is 2.96. The van der Waals surface area contributed by atoms with Gasteiger partial charge in [-0.3, -0.25) is 4.79 Å². The van der Waals surface area contributed by atoms with Crippen LogP contribution in [0.25, 0.3) is 0 Å². The van der Waals surface area contributed by atoms with Crippen molar-refractivity contribution in [3.05, 3.63) is 24.3 Å². The minimum absolute atomic E-state index is 0.111. The molecule has 0 spiro atoms. The number of anilines is 1. The van der Waals surface area contributed by atoms with Crippen LogP contribution in [0.5, 0.6) is 0 Å². The van der Waals surface area contributed by atoms with E-state index in [0.717, 1.165) is 18.7 Å². The third-order valence-electron chi connectivity index (χ3n) is 3.57. The minimum Gasteiger partial charge on any atom is -0.469 e. The second-order valence-electron chi connectivity index (χ2n) is 4.95. The van der Waals surface area contributed by atoms with Crippen LogP contribution in [0.4, 0.5) is 5.69 Å². The van der Waals surface area contributed by atoms with Crippen LogP contribution in [0.3, 0.4) is 0 Å². The molecule has 1 saturated heterocycles. The van der Waals surface area contributed by atoms with Crippen molar-refractivity contribution in [2.75, 3.05) is 31.6 Å². The Morgan fingerprint density at radius 3 is 2.62 bits per heavy atom. The van der Waals surface area contributed by atoms with Gasteiger partial charge in [-0.15, -0.1) is 0 Å². The Morgan fingerprint density at radius 2 is 2.05 bits per heavy atom. The van der Waals surface area contributed by atoms with Crippen LogP contribution in [-0.2, 0) is 19.6 Å². The number of benzene rings is 1. The van der Waals surface area contributed by atoms with E-state index in [4.69, 9.17) is 4.74 Å². The maximum absolute atomic E-state index is 11.9. The molecule has 6 nitrogen and oxygen atoms in total. The lowest BCUT2D eigenvalue weighted by Crippen LogP contribution is -2.24. The fraction of sp³-hybridized carbons (Fsp3) is 0.500. The molecule has 21 heavy (non-hydrogen) atoms. The molecule has 1 N–H and O–H groups in total. The van der Waals surface area contributed by atoms with Crippen molar-refractivity contribution < 1.29 is 17.9 Å². The summed E-state index contributed by atoms with van der Waals surface area (Å²) in [6.45, 7) is 3.46. The number of sulfonamides is 1. The normalized spacial score (nSPS) is 18.8. The smallest absolute Gasteiger partial charge is 0.310 e. The molecule has 1 heterocycles. The fourth-order valence-electron chi connectivity index (χ4n) is 2.46. The molecule has 1 unspecified atom stereocenters. The Bertz CT molecular complexity index is 598. The zero-order valence-corrected chi connectivity index (χ0v) is 13.0. The Balaban J connectivity index is 2.09. The number of rotatable bonds is 5. The van der Waals surface area contributed by atoms with Gasteiger partial charge in [0.25, 0.3) is 0 Å². The van der Waals surface area contributed by atoms with Crippen LogP contribution >= 0.6 is 0 Å². The molecule has 1 aliphatic rings. The van der Waals surface area contributed by atoms with E-state index in [1.165, 1.54) is 7.11 Å². The molecule has 1 aromatic carbocycles. The maximum atomic E-state index is 11.9. The second-order valence-corrected chi connectivity index (χ2v) is 6.72. The average molecular weight is 312 g/mol. The highest BCUT2D eigenvalue weighted by molar-refractivity contribution is 7.89. The van der Waals surface area contributed by atoms with E-state index in [-0.39, 0.29) is 16.8 Å². The lowest BCUT2D eigenvalue weighted by molar-refractivity contribution is -0.144. The molecule has 1 aromatic rings. The molecule has 7 heteroatoms. The highest BCUT2D eigenvalue weighted by Crippen LogP contribution is 2.25. The van der Waals surface area contributed by atoms with E-state index in [9.17, 15) is 13.2 Å². The van der Waals surface area contributed by atoms with Gasteiger partial charge in [-0.2, -0.15) is 0 Å². The lowest BCUT2D eigenvalue weighted by atomic mass is 10.1. The first-order chi connectivity index (χ1) is 9.97. The summed E-state index contributed by atoms with van der Waals surface area (Å²) >= 11 is 0. The molecule has 0 aliphatic carbocycles. The number of nitrogens with zero attached hydrogens (tertiary/aromatic N) is 1. The first-order valence-corrected chi connectivity index (χ1v) is 8.38. The van der Waals surface area contributed by atoms with Crippen LogP contribution in [-0.4, -0.2) is 41.1 Å². The molecule has 0 aromatic heterocycles. The molecule has 1 aliphatic heterocycles. The van der Waals surface area contributed by atoms with Gasteiger partial charge in [-0.25, -0.2) is 13.1 Å². The van der Waals surface area contributed by atoms with Gasteiger partial charge in [0, 0.05) is 25.3 Å². The van der Waals surface area contributed by atoms with Gasteiger partial charge in [-0.1, -0.05) is 6.92 Å². The van der Waals surface area contributed by atoms with E-state index in [2.05, 4.69) is 9.62 Å². The van der Waals surface area contributed by atoms with E-state index in [1.54, 1.807) is 31.2 Å². The maximum Gasteiger partial charge on any atom is 0.310 e. The van der Waals surface area contributed by atoms with Crippen molar-refractivity contribution in [2.45, 2.75) is 18.2 Å². The lowest BCUT2D eigenvalue weighted by Gasteiger charge is -2.18. The SMILES string of the molecule is CCNS(=O)(=O)c1ccc(N2CCC(C(=O)OC)C2)cc1. The van der Waals surface area contributed by atoms with Gasteiger partial charge < -0.3 is 9.64 Å². The minimum atomic E-state index is -3.42. The number of hydrogen-bond acceptors (Lipinski definition) is 5. The summed E-state index contributed by atoms with van der Waals surface area (Å²) in [5.74, 6) is -0.302. The van der Waals surface area contributed by atoms with E-state index < -0.39 is 10.0 Å². The Morgan fingerprint density at radius 1 is 1.38 bits per heavy atom. The van der Waals surface area contributed by atoms with Crippen LogP contribution in [0, 0.1) is 5.92 Å². The Hall–Kier alpha value is -1.60. The third kappa shape index (κ3) is 3.54. The molecule has 0 saturated carbocycles. The number of ether oxygens (including phenoxy) is 1. The standard InChI is InChI=1S/C14H20N2O4S/c1-3-15-21(18,19)13-6-4-12(5-7-13)16-9-8-11(10-16)14(17)20-2/h4-7,11,15H,3,8-10H2,1-2H3. The summed E-state index contributed by atoms with van der Waals surface area (Å²) in [7, 11) is -2.03. The molecule has 1 atom stereocenters. The van der Waals surface area contributed by atoms with Gasteiger partial charge in [-0.05, 0) is 30.7 Å². The van der Waals surface area contributed by atoms with Crippen molar-refractivity contribution in [3.63, 3.8) is 0 Å². The number of nitrogens with one attached hydrogen (secondary N) is 1. The molecule has 2 rings (SSSR count). The van der Waals surface area contributed by atoms with Crippen LogP contribution in [0.2, 0.25) is 0 Å². The molecular formula is C14H20N2O4S. The zero-order chi connectivity index (χ0) is 15.5. The van der Waals surface area contributed by atoms with Gasteiger partial charge in [0.15, 0.2) is 0 Å². The number of carbonyl (C=O) groups excluding carboxylic acids is 1. The van der Waals surface area contributed by atoms with E-state index >= 15 is 0 Å². The topological polar surface area (TPSA) is 75.7 Å². The zero-order valence-electron chi connectivity index (χ0n) is 12.2. The second kappa shape index (κ2) is 6.44. The van der Waals surface area contributed by atoms with Gasteiger partial charge >= 0.3 is 5.97 Å². The van der Waals surface area contributed by atoms with Gasteiger partial charge in [0.2, 0.25) is 10.0 Å². The predicted octanol–water partition coefficient (Wildman–Crippen LogP) is 0.984. The number of carbonyl (C=O) groups is 1. The summed E-state index contributed by atoms with van der Waals surface area (Å²) in [6.07, 6.45) is 0.754. The summed E-state index contributed by atoms with van der Waals surface area (Å²) in [5.41, 5.74) is 0.914. The van der Waals surface area contributed by atoms with Gasteiger partial charge in [0.1, 0.15) is 0 Å². The van der Waals surface area contributed by atoms with E-state index in [0.29, 0.717) is 13.1 Å². The van der Waals surface area contributed by atoms with Crippen molar-refractivity contribution in [3.8, 4) is 0 Å². The first kappa shape index (κ1) is 15.8. The molecule has 0 radical (unpaired) electrons. The Labute approximate surface area is 125 Å². The van der Waals surface area contributed by atoms with Crippen molar-refractivity contribution in [1.29, 1.82) is 0 Å². The molecule has 0 amide bonds.